The lowest BCUT2D eigenvalue weighted by atomic mass is 10.1. The smallest absolute Gasteiger partial charge is 0.261 e. The number of rotatable bonds is 3. The van der Waals surface area contributed by atoms with Gasteiger partial charge < -0.3 is 10.8 Å². The van der Waals surface area contributed by atoms with Crippen molar-refractivity contribution in [3.63, 3.8) is 0 Å². The van der Waals surface area contributed by atoms with Crippen LogP contribution in [-0.4, -0.2) is 39.3 Å². The molecule has 1 unspecified atom stereocenters. The van der Waals surface area contributed by atoms with Crippen molar-refractivity contribution in [1.29, 1.82) is 0 Å². The topological polar surface area (TPSA) is 161 Å². The van der Waals surface area contributed by atoms with Gasteiger partial charge in [-0.15, -0.1) is 0 Å². The van der Waals surface area contributed by atoms with E-state index in [0.29, 0.717) is 6.26 Å². The maximum atomic E-state index is 13.1. The Morgan fingerprint density at radius 2 is 1.75 bits per heavy atom. The lowest BCUT2D eigenvalue weighted by molar-refractivity contribution is 0.181. The van der Waals surface area contributed by atoms with Gasteiger partial charge in [-0.1, -0.05) is 0 Å². The summed E-state index contributed by atoms with van der Waals surface area (Å²) in [4.78, 5) is -0.258. The molecule has 0 amide bonds. The third-order valence-electron chi connectivity index (χ3n) is 1.88. The van der Waals surface area contributed by atoms with E-state index in [2.05, 4.69) is 0 Å². The molecule has 6 N–H and O–H groups in total. The van der Waals surface area contributed by atoms with Crippen molar-refractivity contribution in [3.8, 4) is 0 Å². The molecule has 0 radical (unpaired) electrons. The number of hydrogen-bond donors (Lipinski definition) is 4. The molecule has 0 saturated heterocycles. The summed E-state index contributed by atoms with van der Waals surface area (Å²) in [5, 5.41) is 14.2. The minimum absolute atomic E-state index is 0.177. The number of halogens is 1. The van der Waals surface area contributed by atoms with Crippen LogP contribution in [0, 0.1) is 5.82 Å². The van der Waals surface area contributed by atoms with Crippen molar-refractivity contribution in [2.75, 3.05) is 12.8 Å². The minimum Gasteiger partial charge on any atom is -0.387 e. The lowest BCUT2D eigenvalue weighted by Crippen LogP contribution is -2.16. The van der Waals surface area contributed by atoms with E-state index >= 15 is 0 Å². The molecule has 0 saturated carbocycles. The normalized spacial score (nSPS) is 13.3. The average Bonchev–Trinajstić information content (AvgIpc) is 2.24. The SMILES string of the molecule is CS(=O)(=O)O.NCC(O)c1cc(S(N)(=O)=O)ccc1F. The van der Waals surface area contributed by atoms with E-state index in [-0.39, 0.29) is 17.0 Å². The zero-order valence-corrected chi connectivity index (χ0v) is 12.0. The second kappa shape index (κ2) is 7.06. The largest absolute Gasteiger partial charge is 0.387 e. The Labute approximate surface area is 116 Å². The van der Waals surface area contributed by atoms with E-state index in [9.17, 15) is 26.3 Å². The van der Waals surface area contributed by atoms with Crippen molar-refractivity contribution >= 4 is 20.1 Å². The van der Waals surface area contributed by atoms with Gasteiger partial charge in [-0.25, -0.2) is 17.9 Å². The number of aliphatic hydroxyl groups is 1. The van der Waals surface area contributed by atoms with Crippen molar-refractivity contribution in [1.82, 2.24) is 0 Å². The lowest BCUT2D eigenvalue weighted by Gasteiger charge is -2.10. The number of sulfonamides is 1. The molecule has 1 aromatic rings. The summed E-state index contributed by atoms with van der Waals surface area (Å²) in [5.74, 6) is -0.722. The van der Waals surface area contributed by atoms with Crippen LogP contribution >= 0.6 is 0 Å². The van der Waals surface area contributed by atoms with Gasteiger partial charge in [-0.3, -0.25) is 4.55 Å². The number of primary sulfonamides is 1. The van der Waals surface area contributed by atoms with E-state index in [1.807, 2.05) is 0 Å². The summed E-state index contributed by atoms with van der Waals surface area (Å²) >= 11 is 0. The van der Waals surface area contributed by atoms with Gasteiger partial charge in [0.15, 0.2) is 0 Å². The fraction of sp³-hybridized carbons (Fsp3) is 0.333. The van der Waals surface area contributed by atoms with E-state index in [4.69, 9.17) is 15.4 Å². The van der Waals surface area contributed by atoms with Crippen LogP contribution in [0.2, 0.25) is 0 Å². The first-order valence-corrected chi connectivity index (χ1v) is 8.38. The molecule has 0 spiro atoms. The first-order valence-electron chi connectivity index (χ1n) is 4.99. The summed E-state index contributed by atoms with van der Waals surface area (Å²) in [6.07, 6.45) is -0.529. The van der Waals surface area contributed by atoms with Crippen LogP contribution in [0.4, 0.5) is 4.39 Å². The van der Waals surface area contributed by atoms with Gasteiger partial charge >= 0.3 is 0 Å². The van der Waals surface area contributed by atoms with Gasteiger partial charge in [0.25, 0.3) is 10.1 Å². The maximum Gasteiger partial charge on any atom is 0.261 e. The fourth-order valence-corrected chi connectivity index (χ4v) is 1.63. The average molecular weight is 330 g/mol. The molecule has 1 rings (SSSR count). The van der Waals surface area contributed by atoms with Crippen molar-refractivity contribution in [3.05, 3.63) is 29.6 Å². The molecule has 11 heteroatoms. The van der Waals surface area contributed by atoms with Crippen molar-refractivity contribution < 1.29 is 30.9 Å². The Kier molecular flexibility index (Phi) is 6.67. The molecule has 0 heterocycles. The number of benzene rings is 1. The third kappa shape index (κ3) is 7.47. The van der Waals surface area contributed by atoms with E-state index in [1.165, 1.54) is 0 Å². The Morgan fingerprint density at radius 3 is 2.10 bits per heavy atom. The Balaban J connectivity index is 0.000000621. The monoisotopic (exact) mass is 330 g/mol. The summed E-state index contributed by atoms with van der Waals surface area (Å²) in [6.45, 7) is -0.203. The zero-order valence-electron chi connectivity index (χ0n) is 10.4. The highest BCUT2D eigenvalue weighted by molar-refractivity contribution is 7.89. The van der Waals surface area contributed by atoms with Crippen LogP contribution in [0.3, 0.4) is 0 Å². The van der Waals surface area contributed by atoms with Gasteiger partial charge in [0.1, 0.15) is 5.82 Å². The zero-order chi connectivity index (χ0) is 16.1. The Hall–Kier alpha value is -1.11. The van der Waals surface area contributed by atoms with E-state index in [1.54, 1.807) is 0 Å². The predicted molar refractivity (Wildman–Crippen MR) is 69.3 cm³/mol. The molecule has 0 aliphatic carbocycles. The van der Waals surface area contributed by atoms with Gasteiger partial charge in [0, 0.05) is 12.1 Å². The van der Waals surface area contributed by atoms with Crippen LogP contribution in [0.1, 0.15) is 11.7 Å². The molecule has 1 atom stereocenters. The molecule has 116 valence electrons. The Bertz CT molecular complexity index is 651. The molecule has 8 nitrogen and oxygen atoms in total. The highest BCUT2D eigenvalue weighted by Crippen LogP contribution is 2.19. The molecular weight excluding hydrogens is 315 g/mol. The van der Waals surface area contributed by atoms with Crippen LogP contribution < -0.4 is 10.9 Å². The van der Waals surface area contributed by atoms with Gasteiger partial charge in [-0.2, -0.15) is 8.42 Å². The van der Waals surface area contributed by atoms with E-state index in [0.717, 1.165) is 18.2 Å². The molecule has 0 aromatic heterocycles. The van der Waals surface area contributed by atoms with Crippen LogP contribution in [0.15, 0.2) is 23.1 Å². The molecular formula is C9H15FN2O6S2. The second-order valence-electron chi connectivity index (χ2n) is 3.71. The minimum atomic E-state index is -3.90. The van der Waals surface area contributed by atoms with Crippen molar-refractivity contribution in [2.24, 2.45) is 10.9 Å². The summed E-state index contributed by atoms with van der Waals surface area (Å²) in [5.41, 5.74) is 4.96. The Morgan fingerprint density at radius 1 is 1.30 bits per heavy atom. The number of hydrogen-bond acceptors (Lipinski definition) is 6. The van der Waals surface area contributed by atoms with Gasteiger partial charge in [0.2, 0.25) is 10.0 Å². The quantitative estimate of drug-likeness (QED) is 0.515. The highest BCUT2D eigenvalue weighted by atomic mass is 32.2. The second-order valence-corrected chi connectivity index (χ2v) is 6.74. The molecule has 0 aliphatic rings. The summed E-state index contributed by atoms with van der Waals surface area (Å²) in [7, 11) is -7.57. The molecule has 0 bridgehead atoms. The van der Waals surface area contributed by atoms with Crippen molar-refractivity contribution in [2.45, 2.75) is 11.0 Å². The number of nitrogens with two attached hydrogens (primary N) is 2. The summed E-state index contributed by atoms with van der Waals surface area (Å²) < 4.78 is 60.9. The first-order chi connectivity index (χ1) is 8.86. The third-order valence-corrected chi connectivity index (χ3v) is 2.79. The predicted octanol–water partition coefficient (Wildman–Crippen LogP) is -1.03. The van der Waals surface area contributed by atoms with Crippen LogP contribution in [0.25, 0.3) is 0 Å². The molecule has 1 aromatic carbocycles. The highest BCUT2D eigenvalue weighted by Gasteiger charge is 2.15. The van der Waals surface area contributed by atoms with Crippen LogP contribution in [0.5, 0.6) is 0 Å². The standard InChI is InChI=1S/C8H11FN2O3S.CH4O3S/c9-7-2-1-5(15(11,13)14)3-6(7)8(12)4-10;1-5(2,3)4/h1-3,8,12H,4,10H2,(H2,11,13,14);1H3,(H,2,3,4). The van der Waals surface area contributed by atoms with Gasteiger partial charge in [0.05, 0.1) is 17.3 Å². The first kappa shape index (κ1) is 18.9. The maximum absolute atomic E-state index is 13.1. The summed E-state index contributed by atoms with van der Waals surface area (Å²) in [6, 6.07) is 2.92. The molecule has 20 heavy (non-hydrogen) atoms. The van der Waals surface area contributed by atoms with E-state index < -0.39 is 32.1 Å². The molecule has 0 fully saturated rings. The van der Waals surface area contributed by atoms with Crippen LogP contribution in [-0.2, 0) is 20.1 Å². The van der Waals surface area contributed by atoms with Gasteiger partial charge in [-0.05, 0) is 18.2 Å². The molecule has 0 aliphatic heterocycles. The fourth-order valence-electron chi connectivity index (χ4n) is 1.08. The number of aliphatic hydroxyl groups excluding tert-OH is 1.